The van der Waals surface area contributed by atoms with Crippen LogP contribution in [0.3, 0.4) is 0 Å². The van der Waals surface area contributed by atoms with E-state index in [0.29, 0.717) is 5.69 Å². The molecule has 1 aliphatic rings. The molecule has 1 fully saturated rings. The van der Waals surface area contributed by atoms with Crippen LogP contribution in [0.5, 0.6) is 0 Å². The molecule has 0 atom stereocenters. The van der Waals surface area contributed by atoms with Gasteiger partial charge in [0.25, 0.3) is 5.91 Å². The zero-order valence-electron chi connectivity index (χ0n) is 17.3. The van der Waals surface area contributed by atoms with Gasteiger partial charge in [0.15, 0.2) is 0 Å². The summed E-state index contributed by atoms with van der Waals surface area (Å²) in [6, 6.07) is 11.5. The Bertz CT molecular complexity index is 1080. The van der Waals surface area contributed by atoms with E-state index in [1.165, 1.54) is 32.3 Å². The number of rotatable bonds is 6. The van der Waals surface area contributed by atoms with E-state index >= 15 is 0 Å². The molecule has 1 saturated heterocycles. The summed E-state index contributed by atoms with van der Waals surface area (Å²) < 4.78 is 25.9. The molecule has 2 amide bonds. The SMILES string of the molecule is CN(C)S(=O)(=O)c1cc(C(=O)Nc2ccc(N3CCC(C(N)=O)CC3)cc2)ccc1Cl. The Labute approximate surface area is 187 Å². The van der Waals surface area contributed by atoms with Crippen molar-refractivity contribution in [2.45, 2.75) is 17.7 Å². The van der Waals surface area contributed by atoms with Crippen molar-refractivity contribution in [2.24, 2.45) is 11.7 Å². The maximum Gasteiger partial charge on any atom is 0.255 e. The van der Waals surface area contributed by atoms with E-state index in [1.807, 2.05) is 12.1 Å². The minimum absolute atomic E-state index is 0.0507. The van der Waals surface area contributed by atoms with Gasteiger partial charge in [0.2, 0.25) is 15.9 Å². The molecular weight excluding hydrogens is 440 g/mol. The van der Waals surface area contributed by atoms with Crippen LogP contribution in [0.1, 0.15) is 23.2 Å². The molecule has 3 N–H and O–H groups in total. The first-order chi connectivity index (χ1) is 14.6. The second-order valence-electron chi connectivity index (χ2n) is 7.60. The standard InChI is InChI=1S/C21H25ClN4O4S/c1-25(2)31(29,30)19-13-15(3-8-18(19)22)21(28)24-16-4-6-17(7-5-16)26-11-9-14(10-12-26)20(23)27/h3-8,13-14H,9-12H2,1-2H3,(H2,23,27)(H,24,28). The molecule has 0 spiro atoms. The van der Waals surface area contributed by atoms with Crippen LogP contribution in [0.2, 0.25) is 5.02 Å². The largest absolute Gasteiger partial charge is 0.371 e. The van der Waals surface area contributed by atoms with Crippen molar-refractivity contribution >= 4 is 44.8 Å². The van der Waals surface area contributed by atoms with Crippen LogP contribution in [-0.4, -0.2) is 51.7 Å². The zero-order chi connectivity index (χ0) is 22.8. The Morgan fingerprint density at radius 2 is 1.71 bits per heavy atom. The summed E-state index contributed by atoms with van der Waals surface area (Å²) in [4.78, 5) is 26.0. The van der Waals surface area contributed by atoms with E-state index in [2.05, 4.69) is 10.2 Å². The number of amides is 2. The smallest absolute Gasteiger partial charge is 0.255 e. The highest BCUT2D eigenvalue weighted by Gasteiger charge is 2.24. The number of hydrogen-bond donors (Lipinski definition) is 2. The number of piperidine rings is 1. The van der Waals surface area contributed by atoms with Crippen molar-refractivity contribution in [2.75, 3.05) is 37.4 Å². The summed E-state index contributed by atoms with van der Waals surface area (Å²) in [7, 11) is -0.979. The van der Waals surface area contributed by atoms with Crippen LogP contribution in [0, 0.1) is 5.92 Å². The van der Waals surface area contributed by atoms with Gasteiger partial charge in [-0.05, 0) is 55.3 Å². The highest BCUT2D eigenvalue weighted by Crippen LogP contribution is 2.27. The number of halogens is 1. The number of carbonyl (C=O) groups excluding carboxylic acids is 2. The Morgan fingerprint density at radius 3 is 2.26 bits per heavy atom. The van der Waals surface area contributed by atoms with E-state index in [9.17, 15) is 18.0 Å². The van der Waals surface area contributed by atoms with E-state index in [0.717, 1.165) is 35.9 Å². The average molecular weight is 465 g/mol. The minimum Gasteiger partial charge on any atom is -0.371 e. The number of sulfonamides is 1. The van der Waals surface area contributed by atoms with E-state index in [1.54, 1.807) is 12.1 Å². The fourth-order valence-electron chi connectivity index (χ4n) is 3.42. The first-order valence-corrected chi connectivity index (χ1v) is 11.6. The topological polar surface area (TPSA) is 113 Å². The number of nitrogens with one attached hydrogen (secondary N) is 1. The van der Waals surface area contributed by atoms with Crippen molar-refractivity contribution in [1.82, 2.24) is 4.31 Å². The predicted octanol–water partition coefficient (Wildman–Crippen LogP) is 2.54. The molecule has 166 valence electrons. The van der Waals surface area contributed by atoms with Crippen molar-refractivity contribution in [3.63, 3.8) is 0 Å². The summed E-state index contributed by atoms with van der Waals surface area (Å²) in [6.45, 7) is 1.49. The number of nitrogens with two attached hydrogens (primary N) is 1. The van der Waals surface area contributed by atoms with Gasteiger partial charge in [-0.25, -0.2) is 12.7 Å². The molecule has 0 bridgehead atoms. The normalized spacial score (nSPS) is 15.2. The lowest BCUT2D eigenvalue weighted by Crippen LogP contribution is -2.38. The van der Waals surface area contributed by atoms with Gasteiger partial charge in [0, 0.05) is 50.0 Å². The van der Waals surface area contributed by atoms with Crippen LogP contribution in [0.25, 0.3) is 0 Å². The van der Waals surface area contributed by atoms with Gasteiger partial charge in [0.1, 0.15) is 4.90 Å². The maximum atomic E-state index is 12.6. The molecule has 8 nitrogen and oxygen atoms in total. The van der Waals surface area contributed by atoms with Gasteiger partial charge in [-0.1, -0.05) is 11.6 Å². The van der Waals surface area contributed by atoms with Crippen LogP contribution in [-0.2, 0) is 14.8 Å². The highest BCUT2D eigenvalue weighted by atomic mass is 35.5. The molecule has 1 heterocycles. The lowest BCUT2D eigenvalue weighted by atomic mass is 9.96. The number of primary amides is 1. The molecule has 0 aliphatic carbocycles. The van der Waals surface area contributed by atoms with Crippen LogP contribution in [0.15, 0.2) is 47.4 Å². The van der Waals surface area contributed by atoms with Crippen molar-refractivity contribution in [3.8, 4) is 0 Å². The second-order valence-corrected chi connectivity index (χ2v) is 10.1. The second kappa shape index (κ2) is 9.25. The Hall–Kier alpha value is -2.62. The molecule has 0 radical (unpaired) electrons. The van der Waals surface area contributed by atoms with Gasteiger partial charge in [0.05, 0.1) is 5.02 Å². The van der Waals surface area contributed by atoms with Gasteiger partial charge in [-0.15, -0.1) is 0 Å². The Balaban J connectivity index is 1.70. The van der Waals surface area contributed by atoms with Gasteiger partial charge in [-0.3, -0.25) is 9.59 Å². The third kappa shape index (κ3) is 5.17. The summed E-state index contributed by atoms with van der Waals surface area (Å²) >= 11 is 6.04. The van der Waals surface area contributed by atoms with Crippen molar-refractivity contribution in [1.29, 1.82) is 0 Å². The number of anilines is 2. The first-order valence-electron chi connectivity index (χ1n) is 9.77. The molecule has 1 aliphatic heterocycles. The number of carbonyl (C=O) groups is 2. The molecular formula is C21H25ClN4O4S. The maximum absolute atomic E-state index is 12.6. The summed E-state index contributed by atoms with van der Waals surface area (Å²) in [5.41, 5.74) is 7.13. The van der Waals surface area contributed by atoms with Gasteiger partial charge < -0.3 is 16.0 Å². The summed E-state index contributed by atoms with van der Waals surface area (Å²) in [6.07, 6.45) is 1.45. The molecule has 0 aromatic heterocycles. The fraction of sp³-hybridized carbons (Fsp3) is 0.333. The molecule has 10 heteroatoms. The van der Waals surface area contributed by atoms with E-state index in [4.69, 9.17) is 17.3 Å². The molecule has 2 aromatic rings. The molecule has 2 aromatic carbocycles. The molecule has 0 saturated carbocycles. The lowest BCUT2D eigenvalue weighted by molar-refractivity contribution is -0.122. The molecule has 0 unspecified atom stereocenters. The minimum atomic E-state index is -3.78. The van der Waals surface area contributed by atoms with Crippen LogP contribution >= 0.6 is 11.6 Å². The van der Waals surface area contributed by atoms with E-state index < -0.39 is 15.9 Å². The number of nitrogens with zero attached hydrogens (tertiary/aromatic N) is 2. The summed E-state index contributed by atoms with van der Waals surface area (Å²) in [5.74, 6) is -0.765. The van der Waals surface area contributed by atoms with E-state index in [-0.39, 0.29) is 27.3 Å². The Morgan fingerprint density at radius 1 is 1.10 bits per heavy atom. The third-order valence-electron chi connectivity index (χ3n) is 5.34. The van der Waals surface area contributed by atoms with Crippen LogP contribution < -0.4 is 16.0 Å². The zero-order valence-corrected chi connectivity index (χ0v) is 18.9. The van der Waals surface area contributed by atoms with Crippen molar-refractivity contribution < 1.29 is 18.0 Å². The monoisotopic (exact) mass is 464 g/mol. The van der Waals surface area contributed by atoms with Crippen molar-refractivity contribution in [3.05, 3.63) is 53.1 Å². The molecule has 3 rings (SSSR count). The predicted molar refractivity (Wildman–Crippen MR) is 121 cm³/mol. The third-order valence-corrected chi connectivity index (χ3v) is 7.64. The quantitative estimate of drug-likeness (QED) is 0.682. The number of benzene rings is 2. The van der Waals surface area contributed by atoms with Crippen LogP contribution in [0.4, 0.5) is 11.4 Å². The highest BCUT2D eigenvalue weighted by molar-refractivity contribution is 7.89. The van der Waals surface area contributed by atoms with Gasteiger partial charge >= 0.3 is 0 Å². The fourth-order valence-corrected chi connectivity index (χ4v) is 4.81. The molecule has 31 heavy (non-hydrogen) atoms. The number of hydrogen-bond acceptors (Lipinski definition) is 5. The average Bonchev–Trinajstić information content (AvgIpc) is 2.74. The summed E-state index contributed by atoms with van der Waals surface area (Å²) in [5, 5.41) is 2.82. The Kier molecular flexibility index (Phi) is 6.88. The first kappa shape index (κ1) is 23.1. The van der Waals surface area contributed by atoms with Gasteiger partial charge in [-0.2, -0.15) is 0 Å². The lowest BCUT2D eigenvalue weighted by Gasteiger charge is -2.32.